The fraction of sp³-hybridized carbons (Fsp3) is 0.200. The van der Waals surface area contributed by atoms with Crippen LogP contribution in [0.2, 0.25) is 0 Å². The zero-order valence-electron chi connectivity index (χ0n) is 11.4. The molecule has 0 saturated carbocycles. The molecule has 0 amide bonds. The van der Waals surface area contributed by atoms with Crippen molar-refractivity contribution in [2.75, 3.05) is 5.73 Å². The van der Waals surface area contributed by atoms with Crippen LogP contribution in [0.4, 0.5) is 5.13 Å². The fourth-order valence-corrected chi connectivity index (χ4v) is 3.75. The third-order valence-electron chi connectivity index (χ3n) is 3.09. The lowest BCUT2D eigenvalue weighted by atomic mass is 10.2. The Kier molecular flexibility index (Phi) is 3.54. The minimum atomic E-state index is 0.604. The Balaban J connectivity index is 2.06. The molecule has 5 heteroatoms. The first-order valence-electron chi connectivity index (χ1n) is 6.45. The molecule has 2 aromatic heterocycles. The standard InChI is InChI=1S/C15H15N3S2/c1-3-11-13(12-8-19-15(16)18-12)20-14(17-11)10-6-4-9(2)5-7-10/h4-8H,3H2,1-2H3,(H2,16,18). The Bertz CT molecular complexity index is 726. The molecule has 0 saturated heterocycles. The van der Waals surface area contributed by atoms with Crippen molar-refractivity contribution in [3.05, 3.63) is 40.9 Å². The maximum Gasteiger partial charge on any atom is 0.180 e. The SMILES string of the molecule is CCc1nc(-c2ccc(C)cc2)sc1-c1csc(N)n1. The highest BCUT2D eigenvalue weighted by molar-refractivity contribution is 7.19. The first-order chi connectivity index (χ1) is 9.67. The van der Waals surface area contributed by atoms with Crippen LogP contribution in [0.5, 0.6) is 0 Å². The Labute approximate surface area is 126 Å². The molecular weight excluding hydrogens is 286 g/mol. The Hall–Kier alpha value is -1.72. The molecule has 20 heavy (non-hydrogen) atoms. The number of aromatic nitrogens is 2. The van der Waals surface area contributed by atoms with Crippen LogP contribution in [-0.4, -0.2) is 9.97 Å². The van der Waals surface area contributed by atoms with Crippen LogP contribution in [0.1, 0.15) is 18.2 Å². The number of anilines is 1. The summed E-state index contributed by atoms with van der Waals surface area (Å²) in [4.78, 5) is 10.3. The molecule has 0 aliphatic carbocycles. The smallest absolute Gasteiger partial charge is 0.180 e. The van der Waals surface area contributed by atoms with Crippen molar-refractivity contribution in [1.29, 1.82) is 0 Å². The van der Waals surface area contributed by atoms with Crippen molar-refractivity contribution < 1.29 is 0 Å². The van der Waals surface area contributed by atoms with Gasteiger partial charge in [-0.05, 0) is 13.3 Å². The van der Waals surface area contributed by atoms with Gasteiger partial charge in [0.1, 0.15) is 5.01 Å². The normalized spacial score (nSPS) is 10.9. The second kappa shape index (κ2) is 5.34. The number of aryl methyl sites for hydroxylation is 2. The fourth-order valence-electron chi connectivity index (χ4n) is 2.00. The van der Waals surface area contributed by atoms with Crippen LogP contribution in [0, 0.1) is 6.92 Å². The van der Waals surface area contributed by atoms with Crippen LogP contribution in [0.3, 0.4) is 0 Å². The van der Waals surface area contributed by atoms with E-state index in [0.29, 0.717) is 5.13 Å². The van der Waals surface area contributed by atoms with E-state index in [1.165, 1.54) is 16.9 Å². The molecule has 1 aromatic carbocycles. The minimum absolute atomic E-state index is 0.604. The quantitative estimate of drug-likeness (QED) is 0.780. The van der Waals surface area contributed by atoms with Crippen molar-refractivity contribution in [3.8, 4) is 21.1 Å². The van der Waals surface area contributed by atoms with Gasteiger partial charge in [-0.3, -0.25) is 0 Å². The molecule has 0 radical (unpaired) electrons. The van der Waals surface area contributed by atoms with Gasteiger partial charge >= 0.3 is 0 Å². The summed E-state index contributed by atoms with van der Waals surface area (Å²) in [5.74, 6) is 0. The summed E-state index contributed by atoms with van der Waals surface area (Å²) in [6.07, 6.45) is 0.898. The van der Waals surface area contributed by atoms with Gasteiger partial charge in [0.05, 0.1) is 16.3 Å². The van der Waals surface area contributed by atoms with Gasteiger partial charge in [0.2, 0.25) is 0 Å². The zero-order valence-corrected chi connectivity index (χ0v) is 13.0. The lowest BCUT2D eigenvalue weighted by Crippen LogP contribution is -1.86. The topological polar surface area (TPSA) is 51.8 Å². The van der Waals surface area contributed by atoms with Crippen LogP contribution >= 0.6 is 22.7 Å². The predicted octanol–water partition coefficient (Wildman–Crippen LogP) is 4.39. The monoisotopic (exact) mass is 301 g/mol. The molecule has 3 nitrogen and oxygen atoms in total. The highest BCUT2D eigenvalue weighted by Crippen LogP contribution is 2.36. The average molecular weight is 301 g/mol. The van der Waals surface area contributed by atoms with Crippen LogP contribution in [-0.2, 0) is 6.42 Å². The number of nitrogens with two attached hydrogens (primary N) is 1. The second-order valence-corrected chi connectivity index (χ2v) is 6.47. The van der Waals surface area contributed by atoms with E-state index in [0.717, 1.165) is 33.3 Å². The van der Waals surface area contributed by atoms with Gasteiger partial charge in [0, 0.05) is 10.9 Å². The Morgan fingerprint density at radius 1 is 1.15 bits per heavy atom. The molecule has 3 rings (SSSR count). The first kappa shape index (κ1) is 13.3. The van der Waals surface area contributed by atoms with Gasteiger partial charge in [0.15, 0.2) is 5.13 Å². The summed E-state index contributed by atoms with van der Waals surface area (Å²) in [6, 6.07) is 8.46. The van der Waals surface area contributed by atoms with E-state index in [1.807, 2.05) is 5.38 Å². The van der Waals surface area contributed by atoms with Crippen molar-refractivity contribution in [1.82, 2.24) is 9.97 Å². The minimum Gasteiger partial charge on any atom is -0.375 e. The highest BCUT2D eigenvalue weighted by Gasteiger charge is 2.15. The van der Waals surface area contributed by atoms with E-state index >= 15 is 0 Å². The van der Waals surface area contributed by atoms with Crippen LogP contribution in [0.25, 0.3) is 21.1 Å². The molecule has 0 fully saturated rings. The van der Waals surface area contributed by atoms with E-state index in [4.69, 9.17) is 10.7 Å². The van der Waals surface area contributed by atoms with Gasteiger partial charge in [0.25, 0.3) is 0 Å². The summed E-state index contributed by atoms with van der Waals surface area (Å²) in [5, 5.41) is 3.65. The number of benzene rings is 1. The lowest BCUT2D eigenvalue weighted by Gasteiger charge is -1.96. The van der Waals surface area contributed by atoms with Crippen LogP contribution in [0.15, 0.2) is 29.6 Å². The van der Waals surface area contributed by atoms with Crippen molar-refractivity contribution >= 4 is 27.8 Å². The molecule has 0 spiro atoms. The van der Waals surface area contributed by atoms with Gasteiger partial charge in [-0.25, -0.2) is 9.97 Å². The maximum atomic E-state index is 5.73. The predicted molar refractivity (Wildman–Crippen MR) is 87.2 cm³/mol. The largest absolute Gasteiger partial charge is 0.375 e. The van der Waals surface area contributed by atoms with E-state index in [-0.39, 0.29) is 0 Å². The summed E-state index contributed by atoms with van der Waals surface area (Å²) < 4.78 is 0. The average Bonchev–Trinajstić information content (AvgIpc) is 3.05. The van der Waals surface area contributed by atoms with Crippen molar-refractivity contribution in [2.24, 2.45) is 0 Å². The lowest BCUT2D eigenvalue weighted by molar-refractivity contribution is 1.07. The summed E-state index contributed by atoms with van der Waals surface area (Å²) in [5.41, 5.74) is 10.2. The number of hydrogen-bond acceptors (Lipinski definition) is 5. The third kappa shape index (κ3) is 2.46. The molecule has 2 N–H and O–H groups in total. The highest BCUT2D eigenvalue weighted by atomic mass is 32.1. The van der Waals surface area contributed by atoms with Gasteiger partial charge < -0.3 is 5.73 Å². The van der Waals surface area contributed by atoms with Gasteiger partial charge in [-0.2, -0.15) is 0 Å². The molecule has 3 aromatic rings. The van der Waals surface area contributed by atoms with Crippen molar-refractivity contribution in [3.63, 3.8) is 0 Å². The van der Waals surface area contributed by atoms with E-state index in [9.17, 15) is 0 Å². The summed E-state index contributed by atoms with van der Waals surface area (Å²) >= 11 is 3.16. The zero-order chi connectivity index (χ0) is 14.1. The molecule has 0 unspecified atom stereocenters. The molecule has 2 heterocycles. The molecule has 102 valence electrons. The molecule has 0 aliphatic rings. The van der Waals surface area contributed by atoms with Gasteiger partial charge in [-0.15, -0.1) is 22.7 Å². The molecule has 0 aliphatic heterocycles. The molecule has 0 atom stereocenters. The summed E-state index contributed by atoms with van der Waals surface area (Å²) in [7, 11) is 0. The third-order valence-corrected chi connectivity index (χ3v) is 4.93. The van der Waals surface area contributed by atoms with Crippen molar-refractivity contribution in [2.45, 2.75) is 20.3 Å². The molecule has 0 bridgehead atoms. The number of rotatable bonds is 3. The van der Waals surface area contributed by atoms with Gasteiger partial charge in [-0.1, -0.05) is 36.8 Å². The Morgan fingerprint density at radius 2 is 1.90 bits per heavy atom. The summed E-state index contributed by atoms with van der Waals surface area (Å²) in [6.45, 7) is 4.21. The number of nitrogens with zero attached hydrogens (tertiary/aromatic N) is 2. The number of thiazole rings is 2. The van der Waals surface area contributed by atoms with E-state index in [1.54, 1.807) is 11.3 Å². The van der Waals surface area contributed by atoms with E-state index in [2.05, 4.69) is 43.1 Å². The Morgan fingerprint density at radius 3 is 2.50 bits per heavy atom. The first-order valence-corrected chi connectivity index (χ1v) is 8.15. The van der Waals surface area contributed by atoms with E-state index < -0.39 is 0 Å². The van der Waals surface area contributed by atoms with Crippen LogP contribution < -0.4 is 5.73 Å². The molecular formula is C15H15N3S2. The number of hydrogen-bond donors (Lipinski definition) is 1. The second-order valence-electron chi connectivity index (χ2n) is 4.59. The maximum absolute atomic E-state index is 5.73. The number of nitrogen functional groups attached to an aromatic ring is 1.